The van der Waals surface area contributed by atoms with Gasteiger partial charge in [0.25, 0.3) is 0 Å². The van der Waals surface area contributed by atoms with Gasteiger partial charge in [0.15, 0.2) is 11.5 Å². The van der Waals surface area contributed by atoms with Crippen molar-refractivity contribution in [2.45, 2.75) is 46.2 Å². The van der Waals surface area contributed by atoms with Crippen molar-refractivity contribution >= 4 is 11.8 Å². The summed E-state index contributed by atoms with van der Waals surface area (Å²) in [6.07, 6.45) is 1.66. The predicted molar refractivity (Wildman–Crippen MR) is 55.2 cm³/mol. The second-order valence-electron chi connectivity index (χ2n) is 4.08. The number of rotatable bonds is 6. The Balaban J connectivity index is 4.15. The second kappa shape index (κ2) is 5.83. The Kier molecular flexibility index (Phi) is 5.47. The van der Waals surface area contributed by atoms with Crippen molar-refractivity contribution in [1.82, 2.24) is 0 Å². The maximum Gasteiger partial charge on any atom is 0.316 e. The average Bonchev–Trinajstić information content (AvgIpc) is 2.14. The summed E-state index contributed by atoms with van der Waals surface area (Å²) in [5, 5.41) is 0. The molecule has 0 saturated heterocycles. The summed E-state index contributed by atoms with van der Waals surface area (Å²) in [5.74, 6) is -2.40. The molecule has 0 aliphatic heterocycles. The van der Waals surface area contributed by atoms with Crippen molar-refractivity contribution in [3.63, 3.8) is 0 Å². The van der Waals surface area contributed by atoms with Crippen LogP contribution in [0, 0.1) is 5.92 Å². The molecule has 0 saturated carbocycles. The van der Waals surface area contributed by atoms with Gasteiger partial charge in [0.05, 0.1) is 6.61 Å². The normalized spacial score (nSPS) is 13.4. The molecular formula is C11H19FO3. The Labute approximate surface area is 90.0 Å². The second-order valence-corrected chi connectivity index (χ2v) is 4.08. The van der Waals surface area contributed by atoms with E-state index < -0.39 is 23.3 Å². The lowest BCUT2D eigenvalue weighted by atomic mass is 9.95. The third-order valence-corrected chi connectivity index (χ3v) is 2.07. The number of halogens is 1. The van der Waals surface area contributed by atoms with Crippen molar-refractivity contribution in [3.05, 3.63) is 0 Å². The minimum absolute atomic E-state index is 0.291. The third-order valence-electron chi connectivity index (χ3n) is 2.07. The number of ketones is 1. The number of carbonyl (C=O) groups excluding carboxylic acids is 2. The molecular weight excluding hydrogens is 199 g/mol. The largest absolute Gasteiger partial charge is 0.465 e. The number of unbranched alkanes of at least 4 members (excludes halogenated alkanes) is 1. The summed E-state index contributed by atoms with van der Waals surface area (Å²) in [4.78, 5) is 22.7. The molecule has 0 spiro atoms. The summed E-state index contributed by atoms with van der Waals surface area (Å²) >= 11 is 0. The molecule has 4 heteroatoms. The van der Waals surface area contributed by atoms with Gasteiger partial charge in [-0.25, -0.2) is 4.39 Å². The first-order valence-electron chi connectivity index (χ1n) is 5.20. The van der Waals surface area contributed by atoms with Crippen LogP contribution < -0.4 is 0 Å². The lowest BCUT2D eigenvalue weighted by Gasteiger charge is -2.17. The van der Waals surface area contributed by atoms with Crippen molar-refractivity contribution in [2.24, 2.45) is 5.92 Å². The fraction of sp³-hybridized carbons (Fsp3) is 0.818. The Morgan fingerprint density at radius 3 is 2.33 bits per heavy atom. The van der Waals surface area contributed by atoms with Crippen LogP contribution in [-0.4, -0.2) is 24.0 Å². The standard InChI is InChI=1S/C11H19FO3/c1-5-6-7-15-10(14)8(2)9(13)11(3,4)12/h8H,5-7H2,1-4H3. The van der Waals surface area contributed by atoms with Gasteiger partial charge in [-0.2, -0.15) is 0 Å². The minimum Gasteiger partial charge on any atom is -0.465 e. The van der Waals surface area contributed by atoms with Crippen molar-refractivity contribution in [3.8, 4) is 0 Å². The van der Waals surface area contributed by atoms with Crippen LogP contribution in [0.15, 0.2) is 0 Å². The topological polar surface area (TPSA) is 43.4 Å². The van der Waals surface area contributed by atoms with E-state index in [-0.39, 0.29) is 0 Å². The highest BCUT2D eigenvalue weighted by Gasteiger charge is 2.35. The maximum absolute atomic E-state index is 13.2. The van der Waals surface area contributed by atoms with Crippen LogP contribution in [0.4, 0.5) is 4.39 Å². The van der Waals surface area contributed by atoms with E-state index in [0.29, 0.717) is 6.61 Å². The summed E-state index contributed by atoms with van der Waals surface area (Å²) in [6, 6.07) is 0. The van der Waals surface area contributed by atoms with E-state index in [1.807, 2.05) is 6.92 Å². The molecule has 0 aromatic heterocycles. The van der Waals surface area contributed by atoms with E-state index in [9.17, 15) is 14.0 Å². The van der Waals surface area contributed by atoms with Crippen LogP contribution in [0.2, 0.25) is 0 Å². The van der Waals surface area contributed by atoms with Gasteiger partial charge in [0.2, 0.25) is 0 Å². The Morgan fingerprint density at radius 2 is 1.93 bits per heavy atom. The van der Waals surface area contributed by atoms with Gasteiger partial charge >= 0.3 is 5.97 Å². The molecule has 0 bridgehead atoms. The van der Waals surface area contributed by atoms with Crippen LogP contribution in [0.3, 0.4) is 0 Å². The van der Waals surface area contributed by atoms with Gasteiger partial charge in [0, 0.05) is 0 Å². The molecule has 0 aromatic rings. The highest BCUT2D eigenvalue weighted by molar-refractivity contribution is 6.02. The van der Waals surface area contributed by atoms with Crippen LogP contribution in [0.25, 0.3) is 0 Å². The van der Waals surface area contributed by atoms with Gasteiger partial charge in [-0.3, -0.25) is 9.59 Å². The summed E-state index contributed by atoms with van der Waals surface area (Å²) in [7, 11) is 0. The fourth-order valence-electron chi connectivity index (χ4n) is 1.06. The maximum atomic E-state index is 13.2. The average molecular weight is 218 g/mol. The van der Waals surface area contributed by atoms with E-state index >= 15 is 0 Å². The van der Waals surface area contributed by atoms with Gasteiger partial charge in [-0.05, 0) is 27.2 Å². The number of Topliss-reactive ketones (excluding diaryl/α,β-unsaturated/α-hetero) is 1. The monoisotopic (exact) mass is 218 g/mol. The molecule has 0 heterocycles. The zero-order valence-electron chi connectivity index (χ0n) is 9.80. The number of hydrogen-bond donors (Lipinski definition) is 0. The molecule has 0 aliphatic rings. The zero-order chi connectivity index (χ0) is 12.1. The van der Waals surface area contributed by atoms with Crippen LogP contribution in [-0.2, 0) is 14.3 Å². The highest BCUT2D eigenvalue weighted by Crippen LogP contribution is 2.17. The van der Waals surface area contributed by atoms with Crippen LogP contribution >= 0.6 is 0 Å². The molecule has 1 unspecified atom stereocenters. The zero-order valence-corrected chi connectivity index (χ0v) is 9.80. The SMILES string of the molecule is CCCCOC(=O)C(C)C(=O)C(C)(C)F. The van der Waals surface area contributed by atoms with E-state index in [1.54, 1.807) is 0 Å². The number of carbonyl (C=O) groups is 2. The summed E-state index contributed by atoms with van der Waals surface area (Å²) < 4.78 is 18.1. The highest BCUT2D eigenvalue weighted by atomic mass is 19.1. The van der Waals surface area contributed by atoms with E-state index in [1.165, 1.54) is 6.92 Å². The number of alkyl halides is 1. The van der Waals surface area contributed by atoms with Crippen LogP contribution in [0.1, 0.15) is 40.5 Å². The number of ether oxygens (including phenoxy) is 1. The Hall–Kier alpha value is -0.930. The summed E-state index contributed by atoms with van der Waals surface area (Å²) in [5.41, 5.74) is -1.98. The number of hydrogen-bond acceptors (Lipinski definition) is 3. The predicted octanol–water partition coefficient (Wildman–Crippen LogP) is 2.28. The lowest BCUT2D eigenvalue weighted by molar-refractivity contribution is -0.154. The van der Waals surface area contributed by atoms with Gasteiger partial charge < -0.3 is 4.74 Å². The molecule has 88 valence electrons. The molecule has 0 aromatic carbocycles. The molecule has 0 amide bonds. The lowest BCUT2D eigenvalue weighted by Crippen LogP contribution is -2.36. The van der Waals surface area contributed by atoms with Gasteiger partial charge in [-0.1, -0.05) is 13.3 Å². The van der Waals surface area contributed by atoms with Gasteiger partial charge in [-0.15, -0.1) is 0 Å². The minimum atomic E-state index is -1.98. The first-order chi connectivity index (χ1) is 6.80. The summed E-state index contributed by atoms with van der Waals surface area (Å²) in [6.45, 7) is 5.92. The van der Waals surface area contributed by atoms with E-state index in [0.717, 1.165) is 26.7 Å². The molecule has 3 nitrogen and oxygen atoms in total. The third kappa shape index (κ3) is 4.91. The number of esters is 1. The molecule has 0 aliphatic carbocycles. The van der Waals surface area contributed by atoms with Crippen molar-refractivity contribution in [2.75, 3.05) is 6.61 Å². The van der Waals surface area contributed by atoms with E-state index in [2.05, 4.69) is 0 Å². The Morgan fingerprint density at radius 1 is 1.40 bits per heavy atom. The smallest absolute Gasteiger partial charge is 0.316 e. The molecule has 0 rings (SSSR count). The van der Waals surface area contributed by atoms with Gasteiger partial charge in [0.1, 0.15) is 5.92 Å². The van der Waals surface area contributed by atoms with Crippen molar-refractivity contribution in [1.29, 1.82) is 0 Å². The first-order valence-corrected chi connectivity index (χ1v) is 5.20. The molecule has 0 radical (unpaired) electrons. The molecule has 15 heavy (non-hydrogen) atoms. The van der Waals surface area contributed by atoms with Crippen LogP contribution in [0.5, 0.6) is 0 Å². The van der Waals surface area contributed by atoms with Crippen molar-refractivity contribution < 1.29 is 18.7 Å². The Bertz CT molecular complexity index is 230. The molecule has 0 N–H and O–H groups in total. The quantitative estimate of drug-likeness (QED) is 0.390. The first kappa shape index (κ1) is 14.1. The molecule has 0 fully saturated rings. The molecule has 1 atom stereocenters. The fourth-order valence-corrected chi connectivity index (χ4v) is 1.06. The van der Waals surface area contributed by atoms with E-state index in [4.69, 9.17) is 4.74 Å².